The van der Waals surface area contributed by atoms with E-state index in [0.29, 0.717) is 0 Å². The van der Waals surface area contributed by atoms with E-state index in [-0.39, 0.29) is 15.6 Å². The van der Waals surface area contributed by atoms with Crippen molar-refractivity contribution < 1.29 is 19.8 Å². The minimum absolute atomic E-state index is 0.0123. The first-order valence-corrected chi connectivity index (χ1v) is 6.48. The summed E-state index contributed by atoms with van der Waals surface area (Å²) >= 11 is 11.9. The summed E-state index contributed by atoms with van der Waals surface area (Å²) in [4.78, 5) is 36.7. The van der Waals surface area contributed by atoms with Gasteiger partial charge < -0.3 is 20.9 Å². The van der Waals surface area contributed by atoms with E-state index < -0.39 is 40.0 Å². The van der Waals surface area contributed by atoms with Crippen molar-refractivity contribution in [2.24, 2.45) is 0 Å². The minimum Gasteiger partial charge on any atom is -0.478 e. The molecule has 5 N–H and O–H groups in total. The lowest BCUT2D eigenvalue weighted by Gasteiger charge is -2.13. The SMILES string of the molecule is Nc1[nH]c(=O)c(C(=O)O)c(-c2cccc(Cl)c2Cl)c1C(=O)O. The maximum absolute atomic E-state index is 11.9. The summed E-state index contributed by atoms with van der Waals surface area (Å²) in [5.74, 6) is -3.61. The molecule has 9 heteroatoms. The van der Waals surface area contributed by atoms with E-state index in [9.17, 15) is 24.6 Å². The zero-order chi connectivity index (χ0) is 16.6. The van der Waals surface area contributed by atoms with Gasteiger partial charge in [0.1, 0.15) is 16.9 Å². The van der Waals surface area contributed by atoms with Gasteiger partial charge in [0.15, 0.2) is 0 Å². The van der Waals surface area contributed by atoms with E-state index in [1.807, 2.05) is 4.98 Å². The van der Waals surface area contributed by atoms with Crippen LogP contribution in [-0.2, 0) is 0 Å². The predicted octanol–water partition coefficient (Wildman–Crippen LogP) is 2.33. The van der Waals surface area contributed by atoms with Gasteiger partial charge in [-0.2, -0.15) is 0 Å². The highest BCUT2D eigenvalue weighted by Crippen LogP contribution is 2.37. The number of rotatable bonds is 3. The number of carbonyl (C=O) groups is 2. The van der Waals surface area contributed by atoms with Crippen molar-refractivity contribution in [3.05, 3.63) is 49.7 Å². The zero-order valence-electron chi connectivity index (χ0n) is 10.7. The van der Waals surface area contributed by atoms with Gasteiger partial charge in [-0.15, -0.1) is 0 Å². The van der Waals surface area contributed by atoms with E-state index in [4.69, 9.17) is 28.9 Å². The summed E-state index contributed by atoms with van der Waals surface area (Å²) in [5, 5.41) is 18.5. The summed E-state index contributed by atoms with van der Waals surface area (Å²) in [6.07, 6.45) is 0. The third-order valence-electron chi connectivity index (χ3n) is 2.89. The fraction of sp³-hybridized carbons (Fsp3) is 0. The molecule has 0 saturated heterocycles. The van der Waals surface area contributed by atoms with Crippen LogP contribution in [0, 0.1) is 0 Å². The van der Waals surface area contributed by atoms with Crippen molar-refractivity contribution in [2.75, 3.05) is 5.73 Å². The molecule has 7 nitrogen and oxygen atoms in total. The van der Waals surface area contributed by atoms with E-state index >= 15 is 0 Å². The van der Waals surface area contributed by atoms with Gasteiger partial charge in [0.2, 0.25) is 0 Å². The Balaban J connectivity index is 3.06. The Morgan fingerprint density at radius 1 is 1.09 bits per heavy atom. The summed E-state index contributed by atoms with van der Waals surface area (Å²) in [6, 6.07) is 4.23. The van der Waals surface area contributed by atoms with Crippen LogP contribution < -0.4 is 11.3 Å². The lowest BCUT2D eigenvalue weighted by atomic mass is 9.95. The standard InChI is InChI=1S/C13H8Cl2N2O5/c14-5-3-1-2-4(9(5)15)6-7(12(19)20)10(16)17-11(18)8(6)13(21)22/h1-3H,(H,19,20)(H,21,22)(H3,16,17,18). The quantitative estimate of drug-likeness (QED) is 0.676. The average Bonchev–Trinajstić information content (AvgIpc) is 2.39. The number of anilines is 1. The molecule has 0 spiro atoms. The number of aromatic amines is 1. The van der Waals surface area contributed by atoms with Crippen molar-refractivity contribution in [2.45, 2.75) is 0 Å². The van der Waals surface area contributed by atoms with Crippen molar-refractivity contribution in [3.63, 3.8) is 0 Å². The molecule has 2 rings (SSSR count). The van der Waals surface area contributed by atoms with E-state index in [1.54, 1.807) is 0 Å². The van der Waals surface area contributed by atoms with Gasteiger partial charge in [0.05, 0.1) is 10.0 Å². The number of hydrogen-bond acceptors (Lipinski definition) is 4. The summed E-state index contributed by atoms with van der Waals surface area (Å²) in [5.41, 5.74) is 2.71. The number of carboxylic acids is 2. The molecule has 0 aliphatic carbocycles. The maximum atomic E-state index is 11.9. The van der Waals surface area contributed by atoms with Crippen LogP contribution in [0.3, 0.4) is 0 Å². The van der Waals surface area contributed by atoms with Gasteiger partial charge in [0.25, 0.3) is 5.56 Å². The Hall–Kier alpha value is -2.51. The lowest BCUT2D eigenvalue weighted by molar-refractivity contribution is 0.0695. The average molecular weight is 343 g/mol. The first-order valence-electron chi connectivity index (χ1n) is 5.72. The number of nitrogens with one attached hydrogen (secondary N) is 1. The molecule has 1 aromatic carbocycles. The Kier molecular flexibility index (Phi) is 4.11. The molecule has 22 heavy (non-hydrogen) atoms. The fourth-order valence-electron chi connectivity index (χ4n) is 2.01. The molecule has 0 amide bonds. The van der Waals surface area contributed by atoms with Crippen LogP contribution in [0.1, 0.15) is 20.7 Å². The second kappa shape index (κ2) is 5.70. The fourth-order valence-corrected chi connectivity index (χ4v) is 2.41. The van der Waals surface area contributed by atoms with Crippen LogP contribution in [0.25, 0.3) is 11.1 Å². The second-order valence-corrected chi connectivity index (χ2v) is 4.99. The Labute approximate surface area is 132 Å². The smallest absolute Gasteiger partial charge is 0.342 e. The Bertz CT molecular complexity index is 860. The number of halogens is 2. The number of nitrogens with two attached hydrogens (primary N) is 1. The zero-order valence-corrected chi connectivity index (χ0v) is 12.2. The van der Waals surface area contributed by atoms with Crippen LogP contribution in [0.5, 0.6) is 0 Å². The van der Waals surface area contributed by atoms with Crippen molar-refractivity contribution in [3.8, 4) is 11.1 Å². The first-order chi connectivity index (χ1) is 10.3. The van der Waals surface area contributed by atoms with Gasteiger partial charge >= 0.3 is 11.9 Å². The van der Waals surface area contributed by atoms with Crippen molar-refractivity contribution >= 4 is 41.0 Å². The summed E-state index contributed by atoms with van der Waals surface area (Å²) in [6.45, 7) is 0. The van der Waals surface area contributed by atoms with E-state index in [0.717, 1.165) is 0 Å². The number of pyridine rings is 1. The Morgan fingerprint density at radius 2 is 1.68 bits per heavy atom. The predicted molar refractivity (Wildman–Crippen MR) is 80.8 cm³/mol. The normalized spacial score (nSPS) is 10.5. The molecule has 114 valence electrons. The molecule has 0 radical (unpaired) electrons. The molecule has 0 aliphatic rings. The van der Waals surface area contributed by atoms with Crippen LogP contribution in [0.2, 0.25) is 10.0 Å². The summed E-state index contributed by atoms with van der Waals surface area (Å²) in [7, 11) is 0. The van der Waals surface area contributed by atoms with Gasteiger partial charge in [-0.1, -0.05) is 35.3 Å². The van der Waals surface area contributed by atoms with Crippen molar-refractivity contribution in [1.82, 2.24) is 4.98 Å². The highest BCUT2D eigenvalue weighted by atomic mass is 35.5. The van der Waals surface area contributed by atoms with Crippen LogP contribution in [-0.4, -0.2) is 27.1 Å². The number of carboxylic acid groups (broad SMARTS) is 2. The summed E-state index contributed by atoms with van der Waals surface area (Å²) < 4.78 is 0. The van der Waals surface area contributed by atoms with Crippen LogP contribution >= 0.6 is 23.2 Å². The van der Waals surface area contributed by atoms with E-state index in [2.05, 4.69) is 0 Å². The monoisotopic (exact) mass is 342 g/mol. The minimum atomic E-state index is -1.62. The molecule has 0 saturated carbocycles. The molecule has 0 atom stereocenters. The molecule has 1 heterocycles. The molecule has 0 aliphatic heterocycles. The molecule has 0 unspecified atom stereocenters. The molecule has 1 aromatic heterocycles. The molecule has 0 fully saturated rings. The second-order valence-electron chi connectivity index (χ2n) is 4.20. The number of H-pyrrole nitrogens is 1. The largest absolute Gasteiger partial charge is 0.478 e. The number of nitrogen functional groups attached to an aromatic ring is 1. The molecular weight excluding hydrogens is 335 g/mol. The third-order valence-corrected chi connectivity index (χ3v) is 3.71. The van der Waals surface area contributed by atoms with Gasteiger partial charge in [-0.05, 0) is 6.07 Å². The topological polar surface area (TPSA) is 133 Å². The maximum Gasteiger partial charge on any atom is 0.342 e. The lowest BCUT2D eigenvalue weighted by Crippen LogP contribution is -2.24. The molecular formula is C13H8Cl2N2O5. The molecule has 2 aromatic rings. The number of aromatic nitrogens is 1. The van der Waals surface area contributed by atoms with Gasteiger partial charge in [-0.3, -0.25) is 4.79 Å². The highest BCUT2D eigenvalue weighted by molar-refractivity contribution is 6.44. The Morgan fingerprint density at radius 3 is 2.23 bits per heavy atom. The first kappa shape index (κ1) is 15.9. The van der Waals surface area contributed by atoms with Gasteiger partial charge in [-0.25, -0.2) is 9.59 Å². The van der Waals surface area contributed by atoms with Crippen molar-refractivity contribution in [1.29, 1.82) is 0 Å². The highest BCUT2D eigenvalue weighted by Gasteiger charge is 2.28. The molecule has 0 bridgehead atoms. The van der Waals surface area contributed by atoms with Gasteiger partial charge in [0, 0.05) is 11.1 Å². The van der Waals surface area contributed by atoms with E-state index in [1.165, 1.54) is 18.2 Å². The van der Waals surface area contributed by atoms with Crippen LogP contribution in [0.15, 0.2) is 23.0 Å². The number of aromatic carboxylic acids is 2. The number of hydrogen-bond donors (Lipinski definition) is 4. The number of benzene rings is 1. The van der Waals surface area contributed by atoms with Crippen LogP contribution in [0.4, 0.5) is 5.82 Å². The third kappa shape index (κ3) is 2.51.